The number of methoxy groups -OCH3 is 1. The smallest absolute Gasteiger partial charge is 0.303 e. The van der Waals surface area contributed by atoms with Gasteiger partial charge in [-0.3, -0.25) is 14.5 Å². The number of nitrogens with zero attached hydrogens (tertiary/aromatic N) is 2. The minimum absolute atomic E-state index is 0.00575. The lowest BCUT2D eigenvalue weighted by atomic mass is 10.2. The highest BCUT2D eigenvalue weighted by atomic mass is 32.2. The summed E-state index contributed by atoms with van der Waals surface area (Å²) in [5.74, 6) is -0.334. The number of amides is 1. The Labute approximate surface area is 159 Å². The molecule has 6 nitrogen and oxygen atoms in total. The van der Waals surface area contributed by atoms with Crippen LogP contribution in [0.15, 0.2) is 35.2 Å². The summed E-state index contributed by atoms with van der Waals surface area (Å²) in [6.07, 6.45) is 2.08. The van der Waals surface area contributed by atoms with E-state index < -0.39 is 5.97 Å². The molecule has 1 fully saturated rings. The van der Waals surface area contributed by atoms with Crippen molar-refractivity contribution in [2.24, 2.45) is 0 Å². The number of ether oxygens (including phenoxy) is 1. The number of carbonyl (C=O) groups is 2. The molecule has 1 aliphatic heterocycles. The molecule has 0 atom stereocenters. The van der Waals surface area contributed by atoms with Crippen molar-refractivity contribution in [3.8, 4) is 5.75 Å². The van der Waals surface area contributed by atoms with E-state index >= 15 is 0 Å². The van der Waals surface area contributed by atoms with Crippen LogP contribution in [0, 0.1) is 0 Å². The predicted molar refractivity (Wildman–Crippen MR) is 105 cm³/mol. The molecule has 2 aromatic rings. The first kappa shape index (κ1) is 18.3. The van der Waals surface area contributed by atoms with Crippen molar-refractivity contribution in [1.29, 1.82) is 0 Å². The van der Waals surface area contributed by atoms with Gasteiger partial charge in [-0.1, -0.05) is 30.0 Å². The van der Waals surface area contributed by atoms with E-state index in [0.717, 1.165) is 16.7 Å². The van der Waals surface area contributed by atoms with Crippen molar-refractivity contribution < 1.29 is 19.4 Å². The van der Waals surface area contributed by atoms with Gasteiger partial charge in [-0.25, -0.2) is 4.98 Å². The molecule has 0 unspecified atom stereocenters. The SMILES string of the molecule is COc1ccc2nc(/C=C3\SC(=S)N(CCCC(=O)O)C3=O)ccc2c1. The van der Waals surface area contributed by atoms with E-state index in [1.165, 1.54) is 16.7 Å². The number of thiocarbonyl (C=S) groups is 1. The number of thioether (sulfide) groups is 1. The Morgan fingerprint density at radius 3 is 2.92 bits per heavy atom. The molecule has 1 aromatic heterocycles. The van der Waals surface area contributed by atoms with Crippen LogP contribution in [0.25, 0.3) is 17.0 Å². The monoisotopic (exact) mass is 388 g/mol. The Kier molecular flexibility index (Phi) is 5.53. The van der Waals surface area contributed by atoms with E-state index in [1.807, 2.05) is 30.3 Å². The van der Waals surface area contributed by atoms with E-state index in [1.54, 1.807) is 13.2 Å². The number of aliphatic carboxylic acids is 1. The third kappa shape index (κ3) is 4.03. The second-order valence-corrected chi connectivity index (χ2v) is 7.30. The fraction of sp³-hybridized carbons (Fsp3) is 0.222. The summed E-state index contributed by atoms with van der Waals surface area (Å²) in [7, 11) is 1.61. The second kappa shape index (κ2) is 7.84. The summed E-state index contributed by atoms with van der Waals surface area (Å²) in [6, 6.07) is 9.35. The Morgan fingerprint density at radius 2 is 2.19 bits per heavy atom. The Hall–Kier alpha value is -2.45. The number of hydrogen-bond acceptors (Lipinski definition) is 6. The largest absolute Gasteiger partial charge is 0.497 e. The van der Waals surface area contributed by atoms with Crippen molar-refractivity contribution in [3.63, 3.8) is 0 Å². The lowest BCUT2D eigenvalue weighted by Gasteiger charge is -2.13. The number of benzene rings is 1. The maximum absolute atomic E-state index is 12.5. The summed E-state index contributed by atoms with van der Waals surface area (Å²) >= 11 is 6.45. The van der Waals surface area contributed by atoms with Crippen molar-refractivity contribution in [2.75, 3.05) is 13.7 Å². The minimum atomic E-state index is -0.886. The zero-order valence-electron chi connectivity index (χ0n) is 14.0. The van der Waals surface area contributed by atoms with Crippen LogP contribution >= 0.6 is 24.0 Å². The lowest BCUT2D eigenvalue weighted by molar-refractivity contribution is -0.137. The normalized spacial score (nSPS) is 15.9. The first-order valence-corrected chi connectivity index (χ1v) is 9.12. The van der Waals surface area contributed by atoms with E-state index in [2.05, 4.69) is 4.98 Å². The molecule has 1 aliphatic rings. The second-order valence-electron chi connectivity index (χ2n) is 5.63. The van der Waals surface area contributed by atoms with Crippen LogP contribution in [0.4, 0.5) is 0 Å². The number of fused-ring (bicyclic) bond motifs is 1. The average Bonchev–Trinajstić information content (AvgIpc) is 2.88. The van der Waals surface area contributed by atoms with Gasteiger partial charge in [-0.2, -0.15) is 0 Å². The van der Waals surface area contributed by atoms with E-state index in [9.17, 15) is 9.59 Å². The van der Waals surface area contributed by atoms with Gasteiger partial charge in [0, 0.05) is 18.4 Å². The van der Waals surface area contributed by atoms with Crippen LogP contribution in [-0.2, 0) is 9.59 Å². The minimum Gasteiger partial charge on any atom is -0.497 e. The standard InChI is InChI=1S/C18H16N2O4S2/c1-24-13-6-7-14-11(9-13)4-5-12(19-14)10-15-17(23)20(18(25)26-15)8-2-3-16(21)22/h4-7,9-10H,2-3,8H2,1H3,(H,21,22)/b15-10-. The molecule has 0 aliphatic carbocycles. The molecule has 3 rings (SSSR count). The predicted octanol–water partition coefficient (Wildman–Crippen LogP) is 3.31. The lowest BCUT2D eigenvalue weighted by Crippen LogP contribution is -2.29. The Balaban J connectivity index is 1.79. The van der Waals surface area contributed by atoms with Crippen LogP contribution in [-0.4, -0.2) is 44.8 Å². The van der Waals surface area contributed by atoms with E-state index in [4.69, 9.17) is 22.1 Å². The quantitative estimate of drug-likeness (QED) is 0.601. The van der Waals surface area contributed by atoms with Crippen LogP contribution < -0.4 is 4.74 Å². The number of aromatic nitrogens is 1. The van der Waals surface area contributed by atoms with Gasteiger partial charge in [0.1, 0.15) is 10.1 Å². The van der Waals surface area contributed by atoms with Crippen molar-refractivity contribution in [3.05, 3.63) is 40.9 Å². The van der Waals surface area contributed by atoms with Crippen LogP contribution in [0.5, 0.6) is 5.75 Å². The van der Waals surface area contributed by atoms with Gasteiger partial charge in [0.25, 0.3) is 5.91 Å². The third-order valence-corrected chi connectivity index (χ3v) is 5.22. The van der Waals surface area contributed by atoms with Gasteiger partial charge in [0.2, 0.25) is 0 Å². The number of carboxylic acid groups (broad SMARTS) is 1. The molecule has 134 valence electrons. The highest BCUT2D eigenvalue weighted by molar-refractivity contribution is 8.26. The molecule has 1 N–H and O–H groups in total. The Morgan fingerprint density at radius 1 is 1.38 bits per heavy atom. The molecule has 0 saturated carbocycles. The molecule has 2 heterocycles. The maximum atomic E-state index is 12.5. The van der Waals surface area contributed by atoms with Crippen LogP contribution in [0.2, 0.25) is 0 Å². The molecule has 1 aromatic carbocycles. The molecular formula is C18H16N2O4S2. The Bertz CT molecular complexity index is 927. The van der Waals surface area contributed by atoms with Gasteiger partial charge in [-0.05, 0) is 36.8 Å². The molecule has 8 heteroatoms. The topological polar surface area (TPSA) is 79.7 Å². The number of hydrogen-bond donors (Lipinski definition) is 1. The fourth-order valence-corrected chi connectivity index (χ4v) is 3.84. The van der Waals surface area contributed by atoms with Crippen LogP contribution in [0.3, 0.4) is 0 Å². The van der Waals surface area contributed by atoms with Gasteiger partial charge in [-0.15, -0.1) is 0 Å². The van der Waals surface area contributed by atoms with Gasteiger partial charge < -0.3 is 9.84 Å². The van der Waals surface area contributed by atoms with Gasteiger partial charge >= 0.3 is 5.97 Å². The zero-order valence-corrected chi connectivity index (χ0v) is 15.6. The zero-order chi connectivity index (χ0) is 18.7. The summed E-state index contributed by atoms with van der Waals surface area (Å²) < 4.78 is 5.64. The maximum Gasteiger partial charge on any atom is 0.303 e. The molecular weight excluding hydrogens is 372 g/mol. The number of rotatable bonds is 6. The van der Waals surface area contributed by atoms with E-state index in [0.29, 0.717) is 27.9 Å². The highest BCUT2D eigenvalue weighted by Crippen LogP contribution is 2.32. The van der Waals surface area contributed by atoms with Gasteiger partial charge in [0.15, 0.2) is 0 Å². The average molecular weight is 388 g/mol. The number of carbonyl (C=O) groups excluding carboxylic acids is 1. The molecule has 1 saturated heterocycles. The fourth-order valence-electron chi connectivity index (χ4n) is 2.54. The molecule has 1 amide bonds. The van der Waals surface area contributed by atoms with Gasteiger partial charge in [0.05, 0.1) is 23.2 Å². The summed E-state index contributed by atoms with van der Waals surface area (Å²) in [6.45, 7) is 0.305. The summed E-state index contributed by atoms with van der Waals surface area (Å²) in [4.78, 5) is 29.6. The number of carboxylic acids is 1. The van der Waals surface area contributed by atoms with Crippen molar-refractivity contribution in [1.82, 2.24) is 9.88 Å². The summed E-state index contributed by atoms with van der Waals surface area (Å²) in [5, 5.41) is 9.66. The highest BCUT2D eigenvalue weighted by Gasteiger charge is 2.31. The molecule has 0 spiro atoms. The third-order valence-electron chi connectivity index (χ3n) is 3.84. The molecule has 0 bridgehead atoms. The number of pyridine rings is 1. The summed E-state index contributed by atoms with van der Waals surface area (Å²) in [5.41, 5.74) is 1.46. The van der Waals surface area contributed by atoms with Crippen molar-refractivity contribution in [2.45, 2.75) is 12.8 Å². The first-order chi connectivity index (χ1) is 12.5. The van der Waals surface area contributed by atoms with Crippen LogP contribution in [0.1, 0.15) is 18.5 Å². The first-order valence-electron chi connectivity index (χ1n) is 7.90. The van der Waals surface area contributed by atoms with Crippen molar-refractivity contribution >= 4 is 57.2 Å². The molecule has 26 heavy (non-hydrogen) atoms. The van der Waals surface area contributed by atoms with E-state index in [-0.39, 0.29) is 12.3 Å². The molecule has 0 radical (unpaired) electrons.